The summed E-state index contributed by atoms with van der Waals surface area (Å²) in [7, 11) is -2.24. The number of carbonyl (C=O) groups is 1. The topological polar surface area (TPSA) is 91.5 Å². The molecule has 2 aliphatic heterocycles. The fraction of sp³-hybridized carbons (Fsp3) is 0.387. The van der Waals surface area contributed by atoms with Crippen molar-refractivity contribution in [3.63, 3.8) is 0 Å². The number of ether oxygens (including phenoxy) is 1. The van der Waals surface area contributed by atoms with Crippen LogP contribution in [0.15, 0.2) is 53.7 Å². The molecule has 1 unspecified atom stereocenters. The second-order valence-electron chi connectivity index (χ2n) is 12.3. The zero-order chi connectivity index (χ0) is 30.0. The van der Waals surface area contributed by atoms with Crippen LogP contribution in [0.3, 0.4) is 0 Å². The Morgan fingerprint density at radius 2 is 1.86 bits per heavy atom. The lowest BCUT2D eigenvalue weighted by Crippen LogP contribution is -2.45. The third-order valence-electron chi connectivity index (χ3n) is 8.64. The van der Waals surface area contributed by atoms with Gasteiger partial charge in [-0.25, -0.2) is 15.0 Å². The first kappa shape index (κ1) is 28.3. The number of hydrogen-bond donors (Lipinski definition) is 0. The van der Waals surface area contributed by atoms with Gasteiger partial charge in [-0.3, -0.25) is 9.79 Å². The highest BCUT2D eigenvalue weighted by Gasteiger charge is 2.41. The number of halogens is 2. The van der Waals surface area contributed by atoms with Gasteiger partial charge in [-0.1, -0.05) is 39.0 Å². The van der Waals surface area contributed by atoms with Crippen LogP contribution in [0.1, 0.15) is 73.8 Å². The van der Waals surface area contributed by atoms with Crippen LogP contribution < -0.4 is 4.74 Å². The standard InChI is InChI=1S/C31H33F2N5O3Si/c1-17(41-42(5,6)31(2,3)4)26(39)28-34-14-13-20(36-28)19-12-11-18-16-35-22-15-24(25(18)27(19)40-30(32)33)38-23-10-8-7-9-21(23)37-29(22)38/h7-14,16-17,22,24,30H,15H2,1-6H3/t17?,22-,24-/m1/s1. The molecule has 42 heavy (non-hydrogen) atoms. The molecule has 0 amide bonds. The molecule has 0 saturated carbocycles. The summed E-state index contributed by atoms with van der Waals surface area (Å²) in [6.07, 6.45) is 2.97. The summed E-state index contributed by atoms with van der Waals surface area (Å²) >= 11 is 0. The molecular formula is C31H33F2N5O3Si. The van der Waals surface area contributed by atoms with E-state index in [4.69, 9.17) is 19.1 Å². The van der Waals surface area contributed by atoms with Crippen molar-refractivity contribution in [2.24, 2.45) is 4.99 Å². The lowest BCUT2D eigenvalue weighted by Gasteiger charge is -2.37. The number of Topliss-reactive ketones (excluding diaryl/α,β-unsaturated/α-hetero) is 1. The summed E-state index contributed by atoms with van der Waals surface area (Å²) in [4.78, 5) is 31.7. The summed E-state index contributed by atoms with van der Waals surface area (Å²) in [5.41, 5.74) is 3.64. The van der Waals surface area contributed by atoms with Crippen LogP contribution in [0.5, 0.6) is 5.75 Å². The monoisotopic (exact) mass is 589 g/mol. The zero-order valence-electron chi connectivity index (χ0n) is 24.4. The molecule has 2 bridgehead atoms. The van der Waals surface area contributed by atoms with Gasteiger partial charge in [0.15, 0.2) is 14.1 Å². The molecule has 218 valence electrons. The second-order valence-corrected chi connectivity index (χ2v) is 17.1. The van der Waals surface area contributed by atoms with Crippen molar-refractivity contribution < 1.29 is 22.7 Å². The van der Waals surface area contributed by atoms with Crippen molar-refractivity contribution in [1.82, 2.24) is 19.5 Å². The van der Waals surface area contributed by atoms with Crippen LogP contribution >= 0.6 is 0 Å². The van der Waals surface area contributed by atoms with E-state index in [1.54, 1.807) is 25.3 Å². The highest BCUT2D eigenvalue weighted by molar-refractivity contribution is 6.74. The van der Waals surface area contributed by atoms with Gasteiger partial charge in [0.05, 0.1) is 22.8 Å². The molecule has 4 aromatic rings. The fourth-order valence-electron chi connectivity index (χ4n) is 5.56. The minimum Gasteiger partial charge on any atom is -0.434 e. The van der Waals surface area contributed by atoms with Gasteiger partial charge >= 0.3 is 6.61 Å². The SMILES string of the molecule is CC(O[Si](C)(C)C(C)(C)C)C(=O)c1nccc(-c2ccc3c(c2OC(F)F)[C@H]2C[C@@H](N=C3)c3nc4ccccc4n32)n1. The lowest BCUT2D eigenvalue weighted by molar-refractivity contribution is -0.0503. The first-order chi connectivity index (χ1) is 19.9. The molecule has 0 N–H and O–H groups in total. The van der Waals surface area contributed by atoms with E-state index in [1.807, 2.05) is 30.3 Å². The number of aliphatic imine (C=N–C) groups is 1. The number of benzene rings is 2. The van der Waals surface area contributed by atoms with Crippen LogP contribution in [-0.4, -0.2) is 52.5 Å². The zero-order valence-corrected chi connectivity index (χ0v) is 25.4. The number of aromatic nitrogens is 4. The van der Waals surface area contributed by atoms with Crippen molar-refractivity contribution in [2.45, 2.75) is 77.0 Å². The first-order valence-electron chi connectivity index (χ1n) is 14.0. The van der Waals surface area contributed by atoms with E-state index in [-0.39, 0.29) is 34.5 Å². The molecule has 8 nitrogen and oxygen atoms in total. The van der Waals surface area contributed by atoms with Crippen LogP contribution in [0.2, 0.25) is 18.1 Å². The average molecular weight is 590 g/mol. The maximum atomic E-state index is 14.0. The Balaban J connectivity index is 1.44. The van der Waals surface area contributed by atoms with Gasteiger partial charge in [0, 0.05) is 35.5 Å². The Bertz CT molecular complexity index is 1730. The molecule has 0 saturated heterocycles. The highest BCUT2D eigenvalue weighted by atomic mass is 28.4. The van der Waals surface area contributed by atoms with Gasteiger partial charge in [0.2, 0.25) is 5.78 Å². The van der Waals surface area contributed by atoms with Crippen molar-refractivity contribution in [3.8, 4) is 17.0 Å². The van der Waals surface area contributed by atoms with Gasteiger partial charge in [-0.2, -0.15) is 8.78 Å². The maximum Gasteiger partial charge on any atom is 0.387 e. The number of rotatable bonds is 7. The van der Waals surface area contributed by atoms with Gasteiger partial charge in [0.25, 0.3) is 0 Å². The number of alkyl halides is 2. The minimum absolute atomic E-state index is 0.00732. The molecule has 6 rings (SSSR count). The third kappa shape index (κ3) is 4.74. The van der Waals surface area contributed by atoms with Crippen LogP contribution in [0.4, 0.5) is 8.78 Å². The lowest BCUT2D eigenvalue weighted by atomic mass is 9.94. The molecular weight excluding hydrogens is 556 g/mol. The Morgan fingerprint density at radius 3 is 2.60 bits per heavy atom. The normalized spacial score (nSPS) is 18.6. The highest BCUT2D eigenvalue weighted by Crippen LogP contribution is 2.50. The van der Waals surface area contributed by atoms with E-state index in [1.165, 1.54) is 6.20 Å². The number of para-hydroxylation sites is 2. The molecule has 2 aliphatic rings. The smallest absolute Gasteiger partial charge is 0.387 e. The van der Waals surface area contributed by atoms with Crippen molar-refractivity contribution in [1.29, 1.82) is 0 Å². The Hall–Kier alpha value is -3.83. The Morgan fingerprint density at radius 1 is 1.10 bits per heavy atom. The van der Waals surface area contributed by atoms with Gasteiger partial charge in [0.1, 0.15) is 23.7 Å². The molecule has 4 heterocycles. The van der Waals surface area contributed by atoms with Crippen molar-refractivity contribution in [2.75, 3.05) is 0 Å². The number of nitrogens with zero attached hydrogens (tertiary/aromatic N) is 5. The predicted molar refractivity (Wildman–Crippen MR) is 159 cm³/mol. The Kier molecular flexibility index (Phi) is 6.85. The summed E-state index contributed by atoms with van der Waals surface area (Å²) in [6.45, 7) is 9.07. The largest absolute Gasteiger partial charge is 0.434 e. The molecule has 0 radical (unpaired) electrons. The molecule has 3 atom stereocenters. The van der Waals surface area contributed by atoms with Crippen LogP contribution in [0.25, 0.3) is 22.3 Å². The molecule has 11 heteroatoms. The molecule has 0 spiro atoms. The van der Waals surface area contributed by atoms with E-state index in [2.05, 4.69) is 48.4 Å². The van der Waals surface area contributed by atoms with Crippen LogP contribution in [-0.2, 0) is 4.43 Å². The Labute approximate surface area is 244 Å². The summed E-state index contributed by atoms with van der Waals surface area (Å²) < 4.78 is 41.6. The summed E-state index contributed by atoms with van der Waals surface area (Å²) in [6, 6.07) is 12.3. The molecule has 2 aromatic carbocycles. The van der Waals surface area contributed by atoms with Crippen LogP contribution in [0, 0.1) is 0 Å². The summed E-state index contributed by atoms with van der Waals surface area (Å²) in [5, 5.41) is -0.0867. The number of hydrogen-bond acceptors (Lipinski definition) is 7. The van der Waals surface area contributed by atoms with Gasteiger partial charge in [-0.05, 0) is 49.3 Å². The van der Waals surface area contributed by atoms with Gasteiger partial charge in [-0.15, -0.1) is 0 Å². The third-order valence-corrected chi connectivity index (χ3v) is 13.2. The minimum atomic E-state index is -3.08. The second kappa shape index (κ2) is 10.2. The number of imidazole rings is 1. The molecule has 0 fully saturated rings. The maximum absolute atomic E-state index is 14.0. The van der Waals surface area contributed by atoms with E-state index < -0.39 is 21.0 Å². The van der Waals surface area contributed by atoms with E-state index in [9.17, 15) is 13.6 Å². The molecule has 2 aromatic heterocycles. The van der Waals surface area contributed by atoms with Crippen molar-refractivity contribution >= 4 is 31.3 Å². The number of fused-ring (bicyclic) bond motifs is 9. The van der Waals surface area contributed by atoms with E-state index in [0.717, 1.165) is 16.9 Å². The summed E-state index contributed by atoms with van der Waals surface area (Å²) in [5.74, 6) is 0.394. The quantitative estimate of drug-likeness (QED) is 0.168. The number of ketones is 1. The first-order valence-corrected chi connectivity index (χ1v) is 16.9. The van der Waals surface area contributed by atoms with E-state index >= 15 is 0 Å². The fourth-order valence-corrected chi connectivity index (χ4v) is 6.91. The molecule has 0 aliphatic carbocycles. The van der Waals surface area contributed by atoms with Crippen molar-refractivity contribution in [3.05, 3.63) is 71.4 Å². The van der Waals surface area contributed by atoms with E-state index in [0.29, 0.717) is 28.8 Å². The average Bonchev–Trinajstić information content (AvgIpc) is 3.40. The number of carbonyl (C=O) groups excluding carboxylic acids is 1. The predicted octanol–water partition coefficient (Wildman–Crippen LogP) is 7.15. The van der Waals surface area contributed by atoms with Gasteiger partial charge < -0.3 is 13.7 Å².